The van der Waals surface area contributed by atoms with Crippen molar-refractivity contribution in [3.63, 3.8) is 0 Å². The van der Waals surface area contributed by atoms with Crippen molar-refractivity contribution in [3.8, 4) is 0 Å². The van der Waals surface area contributed by atoms with Gasteiger partial charge in [0.2, 0.25) is 0 Å². The van der Waals surface area contributed by atoms with E-state index in [9.17, 15) is 4.79 Å². The van der Waals surface area contributed by atoms with Gasteiger partial charge < -0.3 is 14.7 Å². The quantitative estimate of drug-likeness (QED) is 0.789. The van der Waals surface area contributed by atoms with Crippen LogP contribution in [0.3, 0.4) is 0 Å². The number of nitrogens with zero attached hydrogens (tertiary/aromatic N) is 1. The number of benzene rings is 1. The number of hydrogen-bond acceptors (Lipinski definition) is 3. The first-order valence-corrected chi connectivity index (χ1v) is 4.90. The maximum absolute atomic E-state index is 10.7. The zero-order chi connectivity index (χ0) is 10.7. The predicted octanol–water partition coefficient (Wildman–Crippen LogP) is 1.11. The van der Waals surface area contributed by atoms with Gasteiger partial charge >= 0.3 is 5.97 Å². The summed E-state index contributed by atoms with van der Waals surface area (Å²) in [5, 5.41) is 8.80. The van der Waals surface area contributed by atoms with Crippen LogP contribution in [0.2, 0.25) is 0 Å². The van der Waals surface area contributed by atoms with Crippen LogP contribution in [0.25, 0.3) is 0 Å². The first kappa shape index (κ1) is 9.98. The fraction of sp³-hybridized carbons (Fsp3) is 0.364. The number of anilines is 1. The van der Waals surface area contributed by atoms with Crippen LogP contribution in [0.5, 0.6) is 0 Å². The monoisotopic (exact) mass is 207 g/mol. The van der Waals surface area contributed by atoms with Crippen molar-refractivity contribution < 1.29 is 14.6 Å². The van der Waals surface area contributed by atoms with E-state index in [1.807, 2.05) is 29.2 Å². The molecule has 1 heterocycles. The number of aliphatic carboxylic acids is 1. The van der Waals surface area contributed by atoms with Crippen molar-refractivity contribution in [3.05, 3.63) is 29.8 Å². The standard InChI is InChI=1S/C11H13NO3/c13-11(14)7-12-5-6-15-8-9-3-1-2-4-10(9)12/h1-4H,5-8H2,(H,13,14). The Bertz CT molecular complexity index is 365. The van der Waals surface area contributed by atoms with E-state index < -0.39 is 5.97 Å². The Hall–Kier alpha value is -1.55. The van der Waals surface area contributed by atoms with Gasteiger partial charge in [-0.1, -0.05) is 18.2 Å². The molecule has 0 radical (unpaired) electrons. The number of carbonyl (C=O) groups is 1. The summed E-state index contributed by atoms with van der Waals surface area (Å²) in [6, 6.07) is 7.76. The van der Waals surface area contributed by atoms with E-state index in [0.29, 0.717) is 19.8 Å². The van der Waals surface area contributed by atoms with Crippen LogP contribution >= 0.6 is 0 Å². The van der Waals surface area contributed by atoms with Crippen molar-refractivity contribution in [1.29, 1.82) is 0 Å². The van der Waals surface area contributed by atoms with Gasteiger partial charge in [0.1, 0.15) is 6.54 Å². The number of para-hydroxylation sites is 1. The van der Waals surface area contributed by atoms with Gasteiger partial charge in [-0.05, 0) is 6.07 Å². The van der Waals surface area contributed by atoms with E-state index >= 15 is 0 Å². The molecule has 0 amide bonds. The molecule has 1 aliphatic rings. The Morgan fingerprint density at radius 2 is 2.27 bits per heavy atom. The van der Waals surface area contributed by atoms with Crippen LogP contribution in [0.15, 0.2) is 24.3 Å². The third-order valence-electron chi connectivity index (χ3n) is 2.42. The lowest BCUT2D eigenvalue weighted by molar-refractivity contribution is -0.135. The topological polar surface area (TPSA) is 49.8 Å². The molecule has 4 nitrogen and oxygen atoms in total. The van der Waals surface area contributed by atoms with Crippen molar-refractivity contribution in [2.75, 3.05) is 24.6 Å². The third-order valence-corrected chi connectivity index (χ3v) is 2.42. The smallest absolute Gasteiger partial charge is 0.323 e. The summed E-state index contributed by atoms with van der Waals surface area (Å²) in [5.41, 5.74) is 2.02. The summed E-state index contributed by atoms with van der Waals surface area (Å²) in [5.74, 6) is -0.813. The fourth-order valence-electron chi connectivity index (χ4n) is 1.75. The number of fused-ring (bicyclic) bond motifs is 1. The summed E-state index contributed by atoms with van der Waals surface area (Å²) >= 11 is 0. The van der Waals surface area contributed by atoms with E-state index in [4.69, 9.17) is 9.84 Å². The Kier molecular flexibility index (Phi) is 2.87. The van der Waals surface area contributed by atoms with E-state index in [1.54, 1.807) is 0 Å². The number of carboxylic acid groups (broad SMARTS) is 1. The first-order valence-electron chi connectivity index (χ1n) is 4.90. The van der Waals surface area contributed by atoms with Gasteiger partial charge in [0.05, 0.1) is 13.2 Å². The van der Waals surface area contributed by atoms with Gasteiger partial charge in [0.15, 0.2) is 0 Å². The molecule has 0 spiro atoms. The maximum atomic E-state index is 10.7. The number of hydrogen-bond donors (Lipinski definition) is 1. The van der Waals surface area contributed by atoms with E-state index in [2.05, 4.69) is 0 Å². The van der Waals surface area contributed by atoms with Gasteiger partial charge in [0, 0.05) is 17.8 Å². The highest BCUT2D eigenvalue weighted by Crippen LogP contribution is 2.23. The molecule has 0 fully saturated rings. The minimum Gasteiger partial charge on any atom is -0.480 e. The Labute approximate surface area is 88.1 Å². The molecule has 0 saturated heterocycles. The molecule has 1 aliphatic heterocycles. The third kappa shape index (κ3) is 2.27. The van der Waals surface area contributed by atoms with E-state index in [-0.39, 0.29) is 6.54 Å². The van der Waals surface area contributed by atoms with Gasteiger partial charge in [-0.2, -0.15) is 0 Å². The maximum Gasteiger partial charge on any atom is 0.323 e. The van der Waals surface area contributed by atoms with Crippen molar-refractivity contribution in [2.24, 2.45) is 0 Å². The molecule has 0 atom stereocenters. The lowest BCUT2D eigenvalue weighted by atomic mass is 10.1. The summed E-state index contributed by atoms with van der Waals surface area (Å²) in [4.78, 5) is 12.5. The molecule has 15 heavy (non-hydrogen) atoms. The van der Waals surface area contributed by atoms with Crippen LogP contribution in [-0.2, 0) is 16.1 Å². The van der Waals surface area contributed by atoms with Crippen LogP contribution in [0.1, 0.15) is 5.56 Å². The summed E-state index contributed by atoms with van der Waals surface area (Å²) < 4.78 is 5.40. The van der Waals surface area contributed by atoms with Crippen LogP contribution in [0.4, 0.5) is 5.69 Å². The average Bonchev–Trinajstić information content (AvgIpc) is 2.41. The summed E-state index contributed by atoms with van der Waals surface area (Å²) in [6.07, 6.45) is 0. The highest BCUT2D eigenvalue weighted by Gasteiger charge is 2.16. The zero-order valence-corrected chi connectivity index (χ0v) is 8.35. The second-order valence-electron chi connectivity index (χ2n) is 3.50. The van der Waals surface area contributed by atoms with Gasteiger partial charge in [-0.3, -0.25) is 4.79 Å². The normalized spacial score (nSPS) is 15.6. The fourth-order valence-corrected chi connectivity index (χ4v) is 1.75. The largest absolute Gasteiger partial charge is 0.480 e. The summed E-state index contributed by atoms with van der Waals surface area (Å²) in [7, 11) is 0. The molecule has 0 saturated carbocycles. The van der Waals surface area contributed by atoms with Crippen molar-refractivity contribution >= 4 is 11.7 Å². The predicted molar refractivity (Wildman–Crippen MR) is 55.9 cm³/mol. The molecule has 0 aliphatic carbocycles. The average molecular weight is 207 g/mol. The van der Waals surface area contributed by atoms with Crippen LogP contribution < -0.4 is 4.90 Å². The highest BCUT2D eigenvalue weighted by molar-refractivity contribution is 5.74. The number of ether oxygens (including phenoxy) is 1. The molecule has 1 N–H and O–H groups in total. The molecule has 1 aromatic carbocycles. The Balaban J connectivity index is 2.28. The minimum absolute atomic E-state index is 0.0281. The molecular weight excluding hydrogens is 194 g/mol. The molecule has 4 heteroatoms. The first-order chi connectivity index (χ1) is 7.27. The Morgan fingerprint density at radius 3 is 3.07 bits per heavy atom. The molecule has 0 unspecified atom stereocenters. The molecule has 0 bridgehead atoms. The van der Waals surface area contributed by atoms with Gasteiger partial charge in [-0.15, -0.1) is 0 Å². The molecular formula is C11H13NO3. The van der Waals surface area contributed by atoms with E-state index in [1.165, 1.54) is 0 Å². The van der Waals surface area contributed by atoms with Crippen molar-refractivity contribution in [1.82, 2.24) is 0 Å². The minimum atomic E-state index is -0.813. The number of rotatable bonds is 2. The highest BCUT2D eigenvalue weighted by atomic mass is 16.5. The number of carboxylic acids is 1. The lowest BCUT2D eigenvalue weighted by Gasteiger charge is -2.21. The van der Waals surface area contributed by atoms with Crippen LogP contribution in [0, 0.1) is 0 Å². The van der Waals surface area contributed by atoms with Crippen molar-refractivity contribution in [2.45, 2.75) is 6.61 Å². The second kappa shape index (κ2) is 4.31. The van der Waals surface area contributed by atoms with Gasteiger partial charge in [0.25, 0.3) is 0 Å². The van der Waals surface area contributed by atoms with Gasteiger partial charge in [-0.25, -0.2) is 0 Å². The molecule has 2 rings (SSSR count). The van der Waals surface area contributed by atoms with Crippen LogP contribution in [-0.4, -0.2) is 30.8 Å². The SMILES string of the molecule is O=C(O)CN1CCOCc2ccccc21. The lowest BCUT2D eigenvalue weighted by Crippen LogP contribution is -2.31. The second-order valence-corrected chi connectivity index (χ2v) is 3.50. The molecule has 0 aromatic heterocycles. The van der Waals surface area contributed by atoms with E-state index in [0.717, 1.165) is 11.3 Å². The zero-order valence-electron chi connectivity index (χ0n) is 8.35. The molecule has 1 aromatic rings. The molecule has 80 valence electrons. The summed E-state index contributed by atoms with van der Waals surface area (Å²) in [6.45, 7) is 1.79. The Morgan fingerprint density at radius 1 is 1.47 bits per heavy atom.